The fourth-order valence-electron chi connectivity index (χ4n) is 3.06. The Hall–Kier alpha value is -1.07. The highest BCUT2D eigenvalue weighted by molar-refractivity contribution is 6.31. The van der Waals surface area contributed by atoms with Crippen molar-refractivity contribution in [2.45, 2.75) is 52.7 Å². The van der Waals surface area contributed by atoms with Crippen LogP contribution in [0.4, 0.5) is 0 Å². The van der Waals surface area contributed by atoms with E-state index >= 15 is 0 Å². The first-order chi connectivity index (χ1) is 9.45. The van der Waals surface area contributed by atoms with Crippen molar-refractivity contribution in [2.24, 2.45) is 5.92 Å². The maximum Gasteiger partial charge on any atom is 0.321 e. The first-order valence-corrected chi connectivity index (χ1v) is 7.52. The van der Waals surface area contributed by atoms with E-state index in [-0.39, 0.29) is 5.92 Å². The molecule has 1 aromatic heterocycles. The molecule has 112 valence electrons. The number of hydrogen-bond donors (Lipinski definition) is 1. The van der Waals surface area contributed by atoms with Gasteiger partial charge in [-0.15, -0.1) is 0 Å². The van der Waals surface area contributed by atoms with E-state index in [1.807, 2.05) is 30.4 Å². The molecule has 1 N–H and O–H groups in total. The summed E-state index contributed by atoms with van der Waals surface area (Å²) in [7, 11) is 0. The number of aromatic nitrogens is 2. The molecule has 2 heterocycles. The van der Waals surface area contributed by atoms with Crippen molar-refractivity contribution in [1.29, 1.82) is 0 Å². The third kappa shape index (κ3) is 2.83. The van der Waals surface area contributed by atoms with Crippen molar-refractivity contribution in [2.75, 3.05) is 6.54 Å². The summed E-state index contributed by atoms with van der Waals surface area (Å²) in [5.41, 5.74) is 1.73. The Bertz CT molecular complexity index is 501. The first kappa shape index (κ1) is 15.3. The number of aliphatic carboxylic acids is 1. The number of carboxylic acid groups (broad SMARTS) is 1. The van der Waals surface area contributed by atoms with Crippen LogP contribution < -0.4 is 0 Å². The lowest BCUT2D eigenvalue weighted by molar-refractivity contribution is -0.147. The maximum atomic E-state index is 11.5. The molecule has 0 bridgehead atoms. The number of nitrogens with zero attached hydrogens (tertiary/aromatic N) is 3. The van der Waals surface area contributed by atoms with Crippen molar-refractivity contribution in [3.05, 3.63) is 16.4 Å². The average Bonchev–Trinajstić information content (AvgIpc) is 2.66. The summed E-state index contributed by atoms with van der Waals surface area (Å²) in [6.45, 7) is 7.99. The summed E-state index contributed by atoms with van der Waals surface area (Å²) in [6, 6.07) is -0.430. The summed E-state index contributed by atoms with van der Waals surface area (Å²) >= 11 is 6.32. The molecular formula is C14H22ClN3O2. The number of piperidine rings is 1. The van der Waals surface area contributed by atoms with Crippen molar-refractivity contribution < 1.29 is 9.90 Å². The molecule has 2 unspecified atom stereocenters. The number of likely N-dealkylation sites (tertiary alicyclic amines) is 1. The van der Waals surface area contributed by atoms with Gasteiger partial charge in [0, 0.05) is 13.1 Å². The quantitative estimate of drug-likeness (QED) is 0.928. The minimum atomic E-state index is -0.743. The maximum absolute atomic E-state index is 11.5. The molecule has 20 heavy (non-hydrogen) atoms. The lowest BCUT2D eigenvalue weighted by Gasteiger charge is -2.37. The highest BCUT2D eigenvalue weighted by atomic mass is 35.5. The van der Waals surface area contributed by atoms with Crippen molar-refractivity contribution in [3.63, 3.8) is 0 Å². The minimum Gasteiger partial charge on any atom is -0.480 e. The van der Waals surface area contributed by atoms with E-state index in [2.05, 4.69) is 5.10 Å². The zero-order valence-electron chi connectivity index (χ0n) is 12.3. The van der Waals surface area contributed by atoms with Gasteiger partial charge in [-0.3, -0.25) is 14.4 Å². The Labute approximate surface area is 124 Å². The van der Waals surface area contributed by atoms with E-state index < -0.39 is 12.0 Å². The van der Waals surface area contributed by atoms with Gasteiger partial charge in [-0.1, -0.05) is 18.5 Å². The van der Waals surface area contributed by atoms with Crippen LogP contribution in [0.1, 0.15) is 38.1 Å². The first-order valence-electron chi connectivity index (χ1n) is 7.14. The monoisotopic (exact) mass is 299 g/mol. The van der Waals surface area contributed by atoms with Gasteiger partial charge in [0.25, 0.3) is 0 Å². The van der Waals surface area contributed by atoms with Crippen molar-refractivity contribution in [1.82, 2.24) is 14.7 Å². The van der Waals surface area contributed by atoms with Gasteiger partial charge in [-0.05, 0) is 39.2 Å². The highest BCUT2D eigenvalue weighted by Gasteiger charge is 2.35. The Morgan fingerprint density at radius 2 is 2.25 bits per heavy atom. The van der Waals surface area contributed by atoms with Gasteiger partial charge in [0.05, 0.1) is 16.4 Å². The van der Waals surface area contributed by atoms with Crippen LogP contribution in [0.2, 0.25) is 5.02 Å². The van der Waals surface area contributed by atoms with E-state index in [4.69, 9.17) is 11.6 Å². The van der Waals surface area contributed by atoms with E-state index in [9.17, 15) is 9.90 Å². The number of hydrogen-bond acceptors (Lipinski definition) is 3. The summed E-state index contributed by atoms with van der Waals surface area (Å²) < 4.78 is 1.87. The molecule has 0 aromatic carbocycles. The minimum absolute atomic E-state index is 0.166. The van der Waals surface area contributed by atoms with Crippen molar-refractivity contribution in [3.8, 4) is 0 Å². The predicted octanol–water partition coefficient (Wildman–Crippen LogP) is 2.55. The highest BCUT2D eigenvalue weighted by Crippen LogP contribution is 2.28. The largest absolute Gasteiger partial charge is 0.480 e. The molecule has 0 aliphatic carbocycles. The average molecular weight is 300 g/mol. The van der Waals surface area contributed by atoms with Crippen molar-refractivity contribution >= 4 is 17.6 Å². The van der Waals surface area contributed by atoms with Crippen LogP contribution in [0.15, 0.2) is 0 Å². The Kier molecular flexibility index (Phi) is 4.70. The van der Waals surface area contributed by atoms with Gasteiger partial charge < -0.3 is 5.11 Å². The molecule has 0 spiro atoms. The zero-order valence-corrected chi connectivity index (χ0v) is 13.0. The van der Waals surface area contributed by atoms with Gasteiger partial charge in [0.2, 0.25) is 0 Å². The second-order valence-electron chi connectivity index (χ2n) is 5.53. The van der Waals surface area contributed by atoms with E-state index in [1.165, 1.54) is 0 Å². The Morgan fingerprint density at radius 3 is 2.85 bits per heavy atom. The van der Waals surface area contributed by atoms with E-state index in [0.29, 0.717) is 11.6 Å². The van der Waals surface area contributed by atoms with Gasteiger partial charge in [0.15, 0.2) is 0 Å². The summed E-state index contributed by atoms with van der Waals surface area (Å²) in [5, 5.41) is 14.5. The number of carboxylic acids is 1. The Morgan fingerprint density at radius 1 is 1.55 bits per heavy atom. The molecule has 5 nitrogen and oxygen atoms in total. The molecule has 0 radical (unpaired) electrons. The lowest BCUT2D eigenvalue weighted by atomic mass is 9.90. The third-order valence-corrected chi connectivity index (χ3v) is 4.59. The topological polar surface area (TPSA) is 58.4 Å². The van der Waals surface area contributed by atoms with Crippen LogP contribution in [-0.4, -0.2) is 38.3 Å². The number of aryl methyl sites for hydroxylation is 2. The fraction of sp³-hybridized carbons (Fsp3) is 0.714. The second-order valence-corrected chi connectivity index (χ2v) is 5.91. The zero-order chi connectivity index (χ0) is 14.9. The smallest absolute Gasteiger partial charge is 0.321 e. The van der Waals surface area contributed by atoms with Crippen LogP contribution in [0.3, 0.4) is 0 Å². The fourth-order valence-corrected chi connectivity index (χ4v) is 3.26. The molecule has 0 amide bonds. The van der Waals surface area contributed by atoms with Crippen LogP contribution in [-0.2, 0) is 17.9 Å². The van der Waals surface area contributed by atoms with Gasteiger partial charge in [-0.2, -0.15) is 5.10 Å². The van der Waals surface area contributed by atoms with Crippen LogP contribution in [0.25, 0.3) is 0 Å². The summed E-state index contributed by atoms with van der Waals surface area (Å²) in [4.78, 5) is 13.5. The molecular weight excluding hydrogens is 278 g/mol. The van der Waals surface area contributed by atoms with E-state index in [1.54, 1.807) is 0 Å². The van der Waals surface area contributed by atoms with Crippen LogP contribution >= 0.6 is 11.6 Å². The predicted molar refractivity (Wildman–Crippen MR) is 77.9 cm³/mol. The molecule has 1 fully saturated rings. The van der Waals surface area contributed by atoms with Crippen LogP contribution in [0.5, 0.6) is 0 Å². The number of halogens is 1. The lowest BCUT2D eigenvalue weighted by Crippen LogP contribution is -2.48. The molecule has 2 atom stereocenters. The SMILES string of the molecule is CCn1nc(C)c(Cl)c1CN1CCCC(C)C1C(=O)O. The third-order valence-electron chi connectivity index (χ3n) is 4.10. The van der Waals surface area contributed by atoms with Gasteiger partial charge in [-0.25, -0.2) is 0 Å². The molecule has 1 aromatic rings. The Balaban J connectivity index is 2.25. The van der Waals surface area contributed by atoms with E-state index in [0.717, 1.165) is 37.3 Å². The molecule has 6 heteroatoms. The molecule has 0 saturated carbocycles. The molecule has 2 rings (SSSR count). The second kappa shape index (κ2) is 6.14. The molecule has 1 saturated heterocycles. The molecule has 1 aliphatic heterocycles. The van der Waals surface area contributed by atoms with Crippen LogP contribution in [0, 0.1) is 12.8 Å². The normalized spacial score (nSPS) is 24.0. The summed E-state index contributed by atoms with van der Waals surface area (Å²) in [5.74, 6) is -0.577. The number of carbonyl (C=O) groups is 1. The van der Waals surface area contributed by atoms with Gasteiger partial charge in [0.1, 0.15) is 6.04 Å². The van der Waals surface area contributed by atoms with Gasteiger partial charge >= 0.3 is 5.97 Å². The molecule has 1 aliphatic rings. The summed E-state index contributed by atoms with van der Waals surface area (Å²) in [6.07, 6.45) is 2.00. The number of rotatable bonds is 4. The standard InChI is InChI=1S/C14H22ClN3O2/c1-4-18-11(12(15)10(3)16-18)8-17-7-5-6-9(2)13(17)14(19)20/h9,13H,4-8H2,1-3H3,(H,19,20).